The first kappa shape index (κ1) is 10.2. The third-order valence-corrected chi connectivity index (χ3v) is 2.88. The van der Waals surface area contributed by atoms with Crippen LogP contribution in [0.25, 0.3) is 22.6 Å². The summed E-state index contributed by atoms with van der Waals surface area (Å²) in [5, 5.41) is 7.23. The second-order valence-corrected chi connectivity index (χ2v) is 4.10. The predicted molar refractivity (Wildman–Crippen MR) is 64.8 cm³/mol. The number of anilines is 1. The first-order valence-electron chi connectivity index (χ1n) is 5.69. The molecule has 0 spiro atoms. The molecule has 1 aromatic carbocycles. The fourth-order valence-electron chi connectivity index (χ4n) is 2.02. The number of benzene rings is 1. The lowest BCUT2D eigenvalue weighted by Gasteiger charge is -2.17. The number of aromatic amines is 1. The number of H-pyrrole nitrogens is 1. The number of imidazole rings is 1. The molecular formula is C11H9N5O3. The maximum atomic E-state index is 5.64. The molecule has 0 unspecified atom stereocenters. The zero-order valence-electron chi connectivity index (χ0n) is 9.71. The number of rotatable bonds is 1. The van der Waals surface area contributed by atoms with Gasteiger partial charge < -0.3 is 20.2 Å². The van der Waals surface area contributed by atoms with Gasteiger partial charge in [-0.05, 0) is 10.3 Å². The van der Waals surface area contributed by atoms with Crippen LogP contribution in [0.2, 0.25) is 0 Å². The summed E-state index contributed by atoms with van der Waals surface area (Å²) in [7, 11) is 0. The van der Waals surface area contributed by atoms with E-state index in [0.29, 0.717) is 36.2 Å². The first-order chi connectivity index (χ1) is 9.31. The standard InChI is InChI=1S/C11H9N5O3/c12-10-9(15-19-16-10)11-13-5-3-7-8(4-6(5)14-11)18-2-1-17-7/h3-4H,1-2H2,(H2,12,16)(H,13,14). The number of hydrogen-bond donors (Lipinski definition) is 2. The van der Waals surface area contributed by atoms with Crippen LogP contribution in [-0.4, -0.2) is 33.5 Å². The van der Waals surface area contributed by atoms with Crippen molar-refractivity contribution in [3.05, 3.63) is 12.1 Å². The van der Waals surface area contributed by atoms with Crippen molar-refractivity contribution in [2.45, 2.75) is 0 Å². The highest BCUT2D eigenvalue weighted by molar-refractivity contribution is 5.83. The van der Waals surface area contributed by atoms with Crippen LogP contribution in [0.1, 0.15) is 0 Å². The maximum Gasteiger partial charge on any atom is 0.199 e. The number of nitrogens with two attached hydrogens (primary N) is 1. The van der Waals surface area contributed by atoms with E-state index in [1.54, 1.807) is 0 Å². The summed E-state index contributed by atoms with van der Waals surface area (Å²) < 4.78 is 15.6. The normalized spacial score (nSPS) is 13.9. The molecule has 0 bridgehead atoms. The molecule has 3 N–H and O–H groups in total. The molecule has 0 aliphatic carbocycles. The van der Waals surface area contributed by atoms with Crippen LogP contribution in [0.15, 0.2) is 16.8 Å². The van der Waals surface area contributed by atoms with Gasteiger partial charge in [0.15, 0.2) is 28.8 Å². The van der Waals surface area contributed by atoms with Gasteiger partial charge in [0.25, 0.3) is 0 Å². The van der Waals surface area contributed by atoms with Gasteiger partial charge in [-0.3, -0.25) is 0 Å². The van der Waals surface area contributed by atoms with Gasteiger partial charge in [0.05, 0.1) is 11.0 Å². The molecule has 0 fully saturated rings. The molecule has 0 radical (unpaired) electrons. The summed E-state index contributed by atoms with van der Waals surface area (Å²) in [6, 6.07) is 3.65. The Labute approximate surface area is 106 Å². The van der Waals surface area contributed by atoms with Crippen molar-refractivity contribution in [1.82, 2.24) is 20.3 Å². The molecule has 0 saturated carbocycles. The lowest BCUT2D eigenvalue weighted by atomic mass is 10.2. The Morgan fingerprint density at radius 1 is 1.11 bits per heavy atom. The molecule has 4 rings (SSSR count). The van der Waals surface area contributed by atoms with Gasteiger partial charge in [-0.15, -0.1) is 0 Å². The smallest absolute Gasteiger partial charge is 0.199 e. The molecule has 8 heteroatoms. The van der Waals surface area contributed by atoms with Crippen molar-refractivity contribution < 1.29 is 14.1 Å². The Bertz CT molecular complexity index is 720. The summed E-state index contributed by atoms with van der Waals surface area (Å²) in [6.45, 7) is 1.08. The van der Waals surface area contributed by atoms with Crippen LogP contribution in [0.4, 0.5) is 5.82 Å². The summed E-state index contributed by atoms with van der Waals surface area (Å²) in [5.74, 6) is 2.07. The van der Waals surface area contributed by atoms with E-state index in [1.165, 1.54) is 0 Å². The highest BCUT2D eigenvalue weighted by atomic mass is 16.6. The minimum atomic E-state index is 0.191. The van der Waals surface area contributed by atoms with Crippen LogP contribution in [-0.2, 0) is 0 Å². The average molecular weight is 259 g/mol. The minimum Gasteiger partial charge on any atom is -0.486 e. The highest BCUT2D eigenvalue weighted by Crippen LogP contribution is 2.34. The van der Waals surface area contributed by atoms with Crippen molar-refractivity contribution in [2.75, 3.05) is 18.9 Å². The van der Waals surface area contributed by atoms with Crippen LogP contribution < -0.4 is 15.2 Å². The Hall–Kier alpha value is -2.77. The van der Waals surface area contributed by atoms with Crippen molar-refractivity contribution >= 4 is 16.9 Å². The average Bonchev–Trinajstić information content (AvgIpc) is 3.01. The lowest BCUT2D eigenvalue weighted by Crippen LogP contribution is -2.15. The topological polar surface area (TPSA) is 112 Å². The monoisotopic (exact) mass is 259 g/mol. The van der Waals surface area contributed by atoms with E-state index in [-0.39, 0.29) is 5.82 Å². The van der Waals surface area contributed by atoms with Crippen LogP contribution in [0.5, 0.6) is 11.5 Å². The number of hydrogen-bond acceptors (Lipinski definition) is 7. The number of nitrogens with one attached hydrogen (secondary N) is 1. The van der Waals surface area contributed by atoms with Gasteiger partial charge in [-0.1, -0.05) is 0 Å². The lowest BCUT2D eigenvalue weighted by molar-refractivity contribution is 0.172. The van der Waals surface area contributed by atoms with Gasteiger partial charge in [0, 0.05) is 12.1 Å². The molecule has 8 nitrogen and oxygen atoms in total. The van der Waals surface area contributed by atoms with E-state index in [1.807, 2.05) is 12.1 Å². The largest absolute Gasteiger partial charge is 0.486 e. The summed E-state index contributed by atoms with van der Waals surface area (Å²) in [4.78, 5) is 7.49. The Morgan fingerprint density at radius 3 is 2.63 bits per heavy atom. The van der Waals surface area contributed by atoms with E-state index in [2.05, 4.69) is 24.9 Å². The highest BCUT2D eigenvalue weighted by Gasteiger charge is 2.18. The van der Waals surface area contributed by atoms with Gasteiger partial charge in [0.2, 0.25) is 0 Å². The molecule has 1 aliphatic rings. The van der Waals surface area contributed by atoms with Crippen molar-refractivity contribution in [3.8, 4) is 23.0 Å². The number of nitrogen functional groups attached to an aromatic ring is 1. The minimum absolute atomic E-state index is 0.191. The third-order valence-electron chi connectivity index (χ3n) is 2.88. The number of ether oxygens (including phenoxy) is 2. The van der Waals surface area contributed by atoms with E-state index >= 15 is 0 Å². The molecular weight excluding hydrogens is 250 g/mol. The Balaban J connectivity index is 1.90. The number of nitrogens with zero attached hydrogens (tertiary/aromatic N) is 3. The molecule has 1 aliphatic heterocycles. The fraction of sp³-hybridized carbons (Fsp3) is 0.182. The van der Waals surface area contributed by atoms with E-state index in [9.17, 15) is 0 Å². The number of fused-ring (bicyclic) bond motifs is 2. The van der Waals surface area contributed by atoms with Crippen molar-refractivity contribution in [3.63, 3.8) is 0 Å². The molecule has 3 heterocycles. The van der Waals surface area contributed by atoms with Gasteiger partial charge in [-0.2, -0.15) is 0 Å². The van der Waals surface area contributed by atoms with E-state index < -0.39 is 0 Å². The second-order valence-electron chi connectivity index (χ2n) is 4.10. The summed E-state index contributed by atoms with van der Waals surface area (Å²) >= 11 is 0. The van der Waals surface area contributed by atoms with E-state index in [0.717, 1.165) is 11.0 Å². The molecule has 0 atom stereocenters. The Kier molecular flexibility index (Phi) is 1.93. The zero-order chi connectivity index (χ0) is 12.8. The SMILES string of the molecule is Nc1nonc1-c1nc2cc3c(cc2[nH]1)OCCO3. The summed E-state index contributed by atoms with van der Waals surface area (Å²) in [5.41, 5.74) is 7.57. The van der Waals surface area contributed by atoms with Crippen molar-refractivity contribution in [2.24, 2.45) is 0 Å². The van der Waals surface area contributed by atoms with Gasteiger partial charge >= 0.3 is 0 Å². The second kappa shape index (κ2) is 3.61. The molecule has 19 heavy (non-hydrogen) atoms. The van der Waals surface area contributed by atoms with Gasteiger partial charge in [0.1, 0.15) is 13.2 Å². The van der Waals surface area contributed by atoms with Crippen LogP contribution >= 0.6 is 0 Å². The van der Waals surface area contributed by atoms with Crippen molar-refractivity contribution in [1.29, 1.82) is 0 Å². The molecule has 2 aromatic heterocycles. The van der Waals surface area contributed by atoms with Crippen LogP contribution in [0, 0.1) is 0 Å². The predicted octanol–water partition coefficient (Wildman–Crippen LogP) is 0.966. The maximum absolute atomic E-state index is 5.64. The quantitative estimate of drug-likeness (QED) is 0.669. The third kappa shape index (κ3) is 1.49. The fourth-order valence-corrected chi connectivity index (χ4v) is 2.02. The Morgan fingerprint density at radius 2 is 1.89 bits per heavy atom. The van der Waals surface area contributed by atoms with Gasteiger partial charge in [-0.25, -0.2) is 9.61 Å². The molecule has 3 aromatic rings. The summed E-state index contributed by atoms with van der Waals surface area (Å²) in [6.07, 6.45) is 0. The number of aromatic nitrogens is 4. The first-order valence-corrected chi connectivity index (χ1v) is 5.69. The zero-order valence-corrected chi connectivity index (χ0v) is 9.71. The molecule has 0 saturated heterocycles. The molecule has 96 valence electrons. The molecule has 0 amide bonds. The van der Waals surface area contributed by atoms with E-state index in [4.69, 9.17) is 15.2 Å². The van der Waals surface area contributed by atoms with Crippen LogP contribution in [0.3, 0.4) is 0 Å².